The standard InChI is InChI=1S/C26H30N4O6S/c1-19(2)37(32,33)29-14-12-28(13-15-29)22-16-27-30(20-8-4-3-5-9-20)26(31)25(22)35-18-21-17-34-23-10-6-7-11-24(23)36-21/h3-11,16,19,21H,12-15,17-18H2,1-2H3. The van der Waals surface area contributed by atoms with Crippen LogP contribution >= 0.6 is 0 Å². The number of rotatable bonds is 7. The molecule has 1 unspecified atom stereocenters. The molecule has 0 amide bonds. The number of sulfonamides is 1. The summed E-state index contributed by atoms with van der Waals surface area (Å²) < 4.78 is 45.9. The van der Waals surface area contributed by atoms with Gasteiger partial charge >= 0.3 is 5.56 Å². The molecule has 0 bridgehead atoms. The second-order valence-corrected chi connectivity index (χ2v) is 11.7. The van der Waals surface area contributed by atoms with Crippen LogP contribution in [0.3, 0.4) is 0 Å². The van der Waals surface area contributed by atoms with Crippen molar-refractivity contribution in [3.63, 3.8) is 0 Å². The van der Waals surface area contributed by atoms with Gasteiger partial charge in [-0.15, -0.1) is 0 Å². The molecule has 196 valence electrons. The van der Waals surface area contributed by atoms with E-state index < -0.39 is 26.9 Å². The molecular weight excluding hydrogens is 496 g/mol. The molecule has 2 aliphatic heterocycles. The van der Waals surface area contributed by atoms with Gasteiger partial charge in [0, 0.05) is 26.2 Å². The maximum atomic E-state index is 13.6. The quantitative estimate of drug-likeness (QED) is 0.462. The molecule has 0 saturated carbocycles. The lowest BCUT2D eigenvalue weighted by molar-refractivity contribution is 0.0530. The van der Waals surface area contributed by atoms with E-state index in [4.69, 9.17) is 14.2 Å². The summed E-state index contributed by atoms with van der Waals surface area (Å²) in [6.07, 6.45) is 1.19. The maximum Gasteiger partial charge on any atom is 0.316 e. The monoisotopic (exact) mass is 526 g/mol. The van der Waals surface area contributed by atoms with E-state index in [-0.39, 0.29) is 19.0 Å². The molecule has 1 atom stereocenters. The molecule has 0 aliphatic carbocycles. The smallest absolute Gasteiger partial charge is 0.316 e. The van der Waals surface area contributed by atoms with Gasteiger partial charge in [0.1, 0.15) is 18.9 Å². The lowest BCUT2D eigenvalue weighted by Gasteiger charge is -2.36. The number of hydrogen-bond donors (Lipinski definition) is 0. The van der Waals surface area contributed by atoms with E-state index in [2.05, 4.69) is 5.10 Å². The lowest BCUT2D eigenvalue weighted by Crippen LogP contribution is -2.50. The van der Waals surface area contributed by atoms with Crippen molar-refractivity contribution in [2.45, 2.75) is 25.2 Å². The normalized spacial score (nSPS) is 18.1. The van der Waals surface area contributed by atoms with Crippen LogP contribution < -0.4 is 24.7 Å². The first-order valence-electron chi connectivity index (χ1n) is 12.3. The fraction of sp³-hybridized carbons (Fsp3) is 0.385. The van der Waals surface area contributed by atoms with E-state index in [0.717, 1.165) is 0 Å². The number of para-hydroxylation sites is 3. The van der Waals surface area contributed by atoms with Gasteiger partial charge < -0.3 is 19.1 Å². The Morgan fingerprint density at radius 3 is 2.38 bits per heavy atom. The Morgan fingerprint density at radius 2 is 1.68 bits per heavy atom. The molecule has 0 spiro atoms. The molecule has 3 aromatic rings. The van der Waals surface area contributed by atoms with Crippen molar-refractivity contribution in [2.75, 3.05) is 44.3 Å². The number of fused-ring (bicyclic) bond motifs is 1. The highest BCUT2D eigenvalue weighted by Gasteiger charge is 2.31. The van der Waals surface area contributed by atoms with Crippen LogP contribution in [0.15, 0.2) is 65.6 Å². The minimum atomic E-state index is -3.35. The van der Waals surface area contributed by atoms with Crippen molar-refractivity contribution in [3.8, 4) is 22.9 Å². The van der Waals surface area contributed by atoms with Gasteiger partial charge in [-0.1, -0.05) is 30.3 Å². The Bertz CT molecular complexity index is 1400. The van der Waals surface area contributed by atoms with Crippen LogP contribution in [0.1, 0.15) is 13.8 Å². The molecule has 10 nitrogen and oxygen atoms in total. The van der Waals surface area contributed by atoms with Crippen LogP contribution in [0.25, 0.3) is 5.69 Å². The minimum Gasteiger partial charge on any atom is -0.486 e. The number of benzene rings is 2. The number of hydrogen-bond acceptors (Lipinski definition) is 8. The topological polar surface area (TPSA) is 103 Å². The van der Waals surface area contributed by atoms with Gasteiger partial charge in [0.25, 0.3) is 0 Å². The molecule has 5 rings (SSSR count). The maximum absolute atomic E-state index is 13.6. The fourth-order valence-electron chi connectivity index (χ4n) is 4.35. The van der Waals surface area contributed by atoms with Gasteiger partial charge in [-0.3, -0.25) is 4.79 Å². The predicted molar refractivity (Wildman–Crippen MR) is 140 cm³/mol. The third-order valence-electron chi connectivity index (χ3n) is 6.43. The molecular formula is C26H30N4O6S. The van der Waals surface area contributed by atoms with Crippen molar-refractivity contribution in [1.29, 1.82) is 0 Å². The van der Waals surface area contributed by atoms with E-state index in [0.29, 0.717) is 49.1 Å². The Hall–Kier alpha value is -3.57. The number of anilines is 1. The van der Waals surface area contributed by atoms with Crippen LogP contribution in [-0.2, 0) is 10.0 Å². The summed E-state index contributed by atoms with van der Waals surface area (Å²) in [6.45, 7) is 5.19. The van der Waals surface area contributed by atoms with Gasteiger partial charge in [-0.05, 0) is 38.1 Å². The van der Waals surface area contributed by atoms with Gasteiger partial charge in [0.15, 0.2) is 17.6 Å². The number of aromatic nitrogens is 2. The van der Waals surface area contributed by atoms with E-state index in [1.54, 1.807) is 32.2 Å². The Balaban J connectivity index is 1.40. The highest BCUT2D eigenvalue weighted by atomic mass is 32.2. The van der Waals surface area contributed by atoms with Crippen LogP contribution in [-0.4, -0.2) is 73.3 Å². The predicted octanol–water partition coefficient (Wildman–Crippen LogP) is 2.31. The Kier molecular flexibility index (Phi) is 7.07. The molecule has 1 saturated heterocycles. The summed E-state index contributed by atoms with van der Waals surface area (Å²) in [4.78, 5) is 15.5. The third-order valence-corrected chi connectivity index (χ3v) is 8.71. The van der Waals surface area contributed by atoms with Crippen LogP contribution in [0, 0.1) is 0 Å². The highest BCUT2D eigenvalue weighted by Crippen LogP contribution is 2.32. The third kappa shape index (κ3) is 5.14. The summed E-state index contributed by atoms with van der Waals surface area (Å²) in [7, 11) is -3.35. The lowest BCUT2D eigenvalue weighted by atomic mass is 10.2. The van der Waals surface area contributed by atoms with Gasteiger partial charge in [0.05, 0.1) is 17.1 Å². The first-order valence-corrected chi connectivity index (χ1v) is 13.8. The van der Waals surface area contributed by atoms with E-state index in [9.17, 15) is 13.2 Å². The minimum absolute atomic E-state index is 0.0943. The summed E-state index contributed by atoms with van der Waals surface area (Å²) in [5.74, 6) is 1.44. The molecule has 1 fully saturated rings. The van der Waals surface area contributed by atoms with Crippen molar-refractivity contribution in [2.24, 2.45) is 0 Å². The fourth-order valence-corrected chi connectivity index (χ4v) is 5.61. The van der Waals surface area contributed by atoms with Crippen molar-refractivity contribution >= 4 is 15.7 Å². The summed E-state index contributed by atoms with van der Waals surface area (Å²) in [6, 6.07) is 16.5. The first kappa shape index (κ1) is 25.1. The van der Waals surface area contributed by atoms with Crippen LogP contribution in [0.4, 0.5) is 5.69 Å². The summed E-state index contributed by atoms with van der Waals surface area (Å²) in [5.41, 5.74) is 0.733. The number of piperazine rings is 1. The molecule has 37 heavy (non-hydrogen) atoms. The molecule has 2 aromatic carbocycles. The molecule has 0 N–H and O–H groups in total. The van der Waals surface area contributed by atoms with Crippen molar-refractivity contribution < 1.29 is 22.6 Å². The van der Waals surface area contributed by atoms with Crippen LogP contribution in [0.2, 0.25) is 0 Å². The van der Waals surface area contributed by atoms with E-state index in [1.807, 2.05) is 47.4 Å². The second-order valence-electron chi connectivity index (χ2n) is 9.20. The van der Waals surface area contributed by atoms with E-state index >= 15 is 0 Å². The zero-order chi connectivity index (χ0) is 26.0. The zero-order valence-electron chi connectivity index (χ0n) is 20.8. The molecule has 1 aromatic heterocycles. The Labute approximate surface area is 216 Å². The zero-order valence-corrected chi connectivity index (χ0v) is 21.6. The largest absolute Gasteiger partial charge is 0.486 e. The van der Waals surface area contributed by atoms with Crippen LogP contribution in [0.5, 0.6) is 17.2 Å². The average molecular weight is 527 g/mol. The summed E-state index contributed by atoms with van der Waals surface area (Å²) >= 11 is 0. The second kappa shape index (κ2) is 10.4. The Morgan fingerprint density at radius 1 is 1.00 bits per heavy atom. The van der Waals surface area contributed by atoms with E-state index in [1.165, 1.54) is 8.99 Å². The SMILES string of the molecule is CC(C)S(=O)(=O)N1CCN(c2cnn(-c3ccccc3)c(=O)c2OCC2COc3ccccc3O2)CC1. The van der Waals surface area contributed by atoms with Gasteiger partial charge in [-0.25, -0.2) is 8.42 Å². The average Bonchev–Trinajstić information content (AvgIpc) is 2.92. The van der Waals surface area contributed by atoms with Crippen molar-refractivity contribution in [1.82, 2.24) is 14.1 Å². The first-order chi connectivity index (χ1) is 17.8. The molecule has 11 heteroatoms. The number of ether oxygens (including phenoxy) is 3. The van der Waals surface area contributed by atoms with Gasteiger partial charge in [-0.2, -0.15) is 14.1 Å². The summed E-state index contributed by atoms with van der Waals surface area (Å²) in [5, 5.41) is 3.91. The molecule has 0 radical (unpaired) electrons. The number of nitrogens with zero attached hydrogens (tertiary/aromatic N) is 4. The molecule has 3 heterocycles. The highest BCUT2D eigenvalue weighted by molar-refractivity contribution is 7.89. The molecule has 2 aliphatic rings. The van der Waals surface area contributed by atoms with Gasteiger partial charge in [0.2, 0.25) is 15.8 Å². The van der Waals surface area contributed by atoms with Crippen molar-refractivity contribution in [3.05, 3.63) is 71.1 Å².